The summed E-state index contributed by atoms with van der Waals surface area (Å²) in [6, 6.07) is 10.9. The minimum Gasteiger partial charge on any atom is -0.398 e. The topological polar surface area (TPSA) is 55.1 Å². The summed E-state index contributed by atoms with van der Waals surface area (Å²) < 4.78 is 1.72. The van der Waals surface area contributed by atoms with Crippen LogP contribution >= 0.6 is 31.9 Å². The maximum Gasteiger partial charge on any atom is 0.257 e. The van der Waals surface area contributed by atoms with Gasteiger partial charge in [0.2, 0.25) is 0 Å². The Morgan fingerprint density at radius 2 is 1.95 bits per heavy atom. The first-order chi connectivity index (χ1) is 8.99. The standard InChI is InChI=1S/C14H12Br2N2O/c1-8-3-2-4-12(13(8)16)18-14(19)10-6-5-9(15)7-11(10)17/h2-7H,17H2,1H3,(H,18,19). The van der Waals surface area contributed by atoms with E-state index in [1.807, 2.05) is 25.1 Å². The molecule has 0 unspecified atom stereocenters. The maximum atomic E-state index is 12.2. The lowest BCUT2D eigenvalue weighted by molar-refractivity contribution is 0.102. The Morgan fingerprint density at radius 1 is 1.21 bits per heavy atom. The second kappa shape index (κ2) is 5.75. The number of rotatable bonds is 2. The van der Waals surface area contributed by atoms with Crippen LogP contribution in [0.1, 0.15) is 15.9 Å². The maximum absolute atomic E-state index is 12.2. The first-order valence-electron chi connectivity index (χ1n) is 5.60. The summed E-state index contributed by atoms with van der Waals surface area (Å²) in [6.07, 6.45) is 0. The molecule has 0 aliphatic heterocycles. The lowest BCUT2D eigenvalue weighted by Gasteiger charge is -2.10. The predicted molar refractivity (Wildman–Crippen MR) is 85.4 cm³/mol. The van der Waals surface area contributed by atoms with Crippen molar-refractivity contribution in [3.63, 3.8) is 0 Å². The van der Waals surface area contributed by atoms with Gasteiger partial charge in [0.15, 0.2) is 0 Å². The van der Waals surface area contributed by atoms with E-state index >= 15 is 0 Å². The van der Waals surface area contributed by atoms with Gasteiger partial charge in [-0.05, 0) is 52.7 Å². The number of nitrogen functional groups attached to an aromatic ring is 1. The van der Waals surface area contributed by atoms with Crippen molar-refractivity contribution < 1.29 is 4.79 Å². The van der Waals surface area contributed by atoms with E-state index in [0.29, 0.717) is 11.3 Å². The van der Waals surface area contributed by atoms with Crippen LogP contribution in [0.4, 0.5) is 11.4 Å². The lowest BCUT2D eigenvalue weighted by Crippen LogP contribution is -2.14. The summed E-state index contributed by atoms with van der Waals surface area (Å²) >= 11 is 6.77. The molecule has 2 rings (SSSR count). The smallest absolute Gasteiger partial charge is 0.257 e. The molecule has 0 saturated heterocycles. The van der Waals surface area contributed by atoms with Crippen molar-refractivity contribution in [3.05, 3.63) is 56.5 Å². The van der Waals surface area contributed by atoms with E-state index in [-0.39, 0.29) is 5.91 Å². The average molecular weight is 384 g/mol. The minimum absolute atomic E-state index is 0.226. The molecule has 0 saturated carbocycles. The van der Waals surface area contributed by atoms with E-state index < -0.39 is 0 Å². The molecule has 2 aromatic carbocycles. The van der Waals surface area contributed by atoms with Gasteiger partial charge in [0, 0.05) is 14.6 Å². The van der Waals surface area contributed by atoms with Crippen LogP contribution in [-0.4, -0.2) is 5.91 Å². The third-order valence-electron chi connectivity index (χ3n) is 2.70. The number of nitrogens with two attached hydrogens (primary N) is 1. The van der Waals surface area contributed by atoms with Gasteiger partial charge in [-0.15, -0.1) is 0 Å². The SMILES string of the molecule is Cc1cccc(NC(=O)c2ccc(Br)cc2N)c1Br. The number of amides is 1. The molecule has 0 aliphatic carbocycles. The lowest BCUT2D eigenvalue weighted by atomic mass is 10.1. The molecule has 0 radical (unpaired) electrons. The fourth-order valence-corrected chi connectivity index (χ4v) is 2.42. The number of nitrogens with one attached hydrogen (secondary N) is 1. The number of carbonyl (C=O) groups is 1. The Balaban J connectivity index is 2.28. The van der Waals surface area contributed by atoms with Crippen LogP contribution in [0.2, 0.25) is 0 Å². The summed E-state index contributed by atoms with van der Waals surface area (Å²) in [5.41, 5.74) is 8.52. The van der Waals surface area contributed by atoms with E-state index in [1.54, 1.807) is 18.2 Å². The van der Waals surface area contributed by atoms with Crippen molar-refractivity contribution in [3.8, 4) is 0 Å². The first kappa shape index (κ1) is 14.1. The second-order valence-corrected chi connectivity index (χ2v) is 5.83. The molecule has 0 spiro atoms. The van der Waals surface area contributed by atoms with Gasteiger partial charge in [-0.1, -0.05) is 28.1 Å². The molecule has 0 aromatic heterocycles. The van der Waals surface area contributed by atoms with Crippen molar-refractivity contribution in [1.29, 1.82) is 0 Å². The molecule has 98 valence electrons. The first-order valence-corrected chi connectivity index (χ1v) is 7.19. The number of benzene rings is 2. The molecule has 1 amide bonds. The Morgan fingerprint density at radius 3 is 2.63 bits per heavy atom. The zero-order valence-electron chi connectivity index (χ0n) is 10.2. The predicted octanol–water partition coefficient (Wildman–Crippen LogP) is 4.35. The molecule has 0 aliphatic rings. The van der Waals surface area contributed by atoms with Gasteiger partial charge in [0.1, 0.15) is 0 Å². The molecular formula is C14H12Br2N2O. The Hall–Kier alpha value is -1.33. The highest BCUT2D eigenvalue weighted by molar-refractivity contribution is 9.11. The molecule has 0 atom stereocenters. The normalized spacial score (nSPS) is 10.3. The fourth-order valence-electron chi connectivity index (χ4n) is 1.67. The van der Waals surface area contributed by atoms with Crippen LogP contribution in [0.5, 0.6) is 0 Å². The summed E-state index contributed by atoms with van der Waals surface area (Å²) in [4.78, 5) is 12.2. The summed E-state index contributed by atoms with van der Waals surface area (Å²) in [5.74, 6) is -0.226. The number of carbonyl (C=O) groups excluding carboxylic acids is 1. The van der Waals surface area contributed by atoms with Crippen LogP contribution in [0, 0.1) is 6.92 Å². The second-order valence-electron chi connectivity index (χ2n) is 4.12. The number of hydrogen-bond acceptors (Lipinski definition) is 2. The van der Waals surface area contributed by atoms with E-state index in [2.05, 4.69) is 37.2 Å². The molecule has 3 nitrogen and oxygen atoms in total. The van der Waals surface area contributed by atoms with Crippen molar-refractivity contribution >= 4 is 49.1 Å². The summed E-state index contributed by atoms with van der Waals surface area (Å²) in [7, 11) is 0. The highest BCUT2D eigenvalue weighted by Gasteiger charge is 2.12. The van der Waals surface area contributed by atoms with Crippen molar-refractivity contribution in [2.45, 2.75) is 6.92 Å². The van der Waals surface area contributed by atoms with Gasteiger partial charge in [-0.3, -0.25) is 4.79 Å². The Bertz CT molecular complexity index is 641. The summed E-state index contributed by atoms with van der Waals surface area (Å²) in [5, 5.41) is 2.85. The molecule has 0 bridgehead atoms. The third kappa shape index (κ3) is 3.16. The quantitative estimate of drug-likeness (QED) is 0.757. The van der Waals surface area contributed by atoms with Crippen LogP contribution in [-0.2, 0) is 0 Å². The molecule has 3 N–H and O–H groups in total. The highest BCUT2D eigenvalue weighted by atomic mass is 79.9. The van der Waals surface area contributed by atoms with E-state index in [9.17, 15) is 4.79 Å². The van der Waals surface area contributed by atoms with Gasteiger partial charge >= 0.3 is 0 Å². The Kier molecular flexibility index (Phi) is 4.27. The monoisotopic (exact) mass is 382 g/mol. The van der Waals surface area contributed by atoms with Crippen molar-refractivity contribution in [1.82, 2.24) is 0 Å². The fraction of sp³-hybridized carbons (Fsp3) is 0.0714. The van der Waals surface area contributed by atoms with E-state index in [0.717, 1.165) is 20.2 Å². The molecule has 0 fully saturated rings. The molecular weight excluding hydrogens is 372 g/mol. The third-order valence-corrected chi connectivity index (χ3v) is 4.24. The van der Waals surface area contributed by atoms with Crippen molar-refractivity contribution in [2.75, 3.05) is 11.1 Å². The zero-order chi connectivity index (χ0) is 14.0. The zero-order valence-corrected chi connectivity index (χ0v) is 13.4. The van der Waals surface area contributed by atoms with Gasteiger partial charge in [-0.2, -0.15) is 0 Å². The number of halogens is 2. The van der Waals surface area contributed by atoms with Crippen LogP contribution in [0.25, 0.3) is 0 Å². The van der Waals surface area contributed by atoms with Crippen LogP contribution in [0.3, 0.4) is 0 Å². The number of hydrogen-bond donors (Lipinski definition) is 2. The van der Waals surface area contributed by atoms with Crippen LogP contribution in [0.15, 0.2) is 45.3 Å². The molecule has 0 heterocycles. The number of anilines is 2. The minimum atomic E-state index is -0.226. The number of aryl methyl sites for hydroxylation is 1. The molecule has 5 heteroatoms. The largest absolute Gasteiger partial charge is 0.398 e. The van der Waals surface area contributed by atoms with Gasteiger partial charge < -0.3 is 11.1 Å². The molecule has 2 aromatic rings. The summed E-state index contributed by atoms with van der Waals surface area (Å²) in [6.45, 7) is 1.97. The van der Waals surface area contributed by atoms with Gasteiger partial charge in [0.25, 0.3) is 5.91 Å². The van der Waals surface area contributed by atoms with Gasteiger partial charge in [0.05, 0.1) is 11.3 Å². The van der Waals surface area contributed by atoms with Gasteiger partial charge in [-0.25, -0.2) is 0 Å². The van der Waals surface area contributed by atoms with E-state index in [1.165, 1.54) is 0 Å². The van der Waals surface area contributed by atoms with Crippen molar-refractivity contribution in [2.24, 2.45) is 0 Å². The Labute approximate surface area is 128 Å². The van der Waals surface area contributed by atoms with Crippen LogP contribution < -0.4 is 11.1 Å². The van der Waals surface area contributed by atoms with E-state index in [4.69, 9.17) is 5.73 Å². The average Bonchev–Trinajstić information content (AvgIpc) is 2.34. The highest BCUT2D eigenvalue weighted by Crippen LogP contribution is 2.27. The molecule has 19 heavy (non-hydrogen) atoms.